The summed E-state index contributed by atoms with van der Waals surface area (Å²) in [6.45, 7) is 5.49. The lowest BCUT2D eigenvalue weighted by molar-refractivity contribution is 0.0533. The van der Waals surface area contributed by atoms with Crippen molar-refractivity contribution in [3.05, 3.63) is 29.3 Å². The minimum Gasteiger partial charge on any atom is -0.495 e. The molecule has 0 aromatic heterocycles. The number of carbonyl (C=O) groups excluding carboxylic acids is 2. The second-order valence-corrected chi connectivity index (χ2v) is 5.56. The minimum atomic E-state index is -0.551. The Hall–Kier alpha value is -2.68. The summed E-state index contributed by atoms with van der Waals surface area (Å²) in [7, 11) is 2.80. The molecule has 0 atom stereocenters. The Morgan fingerprint density at radius 3 is 2.48 bits per heavy atom. The Morgan fingerprint density at radius 2 is 1.91 bits per heavy atom. The number of methoxy groups -OCH3 is 2. The van der Waals surface area contributed by atoms with Crippen molar-refractivity contribution < 1.29 is 23.8 Å². The number of ether oxygens (including phenoxy) is 3. The summed E-state index contributed by atoms with van der Waals surface area (Å²) < 4.78 is 14.9. The molecule has 1 aromatic rings. The molecular weight excluding hydrogens is 298 g/mol. The molecule has 0 aliphatic rings. The van der Waals surface area contributed by atoms with Crippen molar-refractivity contribution in [1.29, 1.82) is 0 Å². The first-order valence-corrected chi connectivity index (χ1v) is 6.99. The van der Waals surface area contributed by atoms with E-state index in [1.807, 2.05) is 0 Å². The van der Waals surface area contributed by atoms with Crippen LogP contribution in [0.25, 0.3) is 0 Å². The van der Waals surface area contributed by atoms with E-state index in [-0.39, 0.29) is 6.54 Å². The predicted molar refractivity (Wildman–Crippen MR) is 85.4 cm³/mol. The molecule has 124 valence electrons. The van der Waals surface area contributed by atoms with Crippen LogP contribution in [0.15, 0.2) is 18.2 Å². The summed E-state index contributed by atoms with van der Waals surface area (Å²) in [5.74, 6) is 5.67. The lowest BCUT2D eigenvalue weighted by atomic mass is 10.1. The second-order valence-electron chi connectivity index (χ2n) is 5.56. The van der Waals surface area contributed by atoms with Crippen molar-refractivity contribution in [2.24, 2.45) is 0 Å². The van der Waals surface area contributed by atoms with Gasteiger partial charge in [-0.1, -0.05) is 11.8 Å². The van der Waals surface area contributed by atoms with E-state index in [1.165, 1.54) is 14.2 Å². The fourth-order valence-electron chi connectivity index (χ4n) is 1.61. The van der Waals surface area contributed by atoms with Gasteiger partial charge in [0.2, 0.25) is 0 Å². The molecule has 0 bridgehead atoms. The van der Waals surface area contributed by atoms with Crippen molar-refractivity contribution in [2.75, 3.05) is 20.8 Å². The zero-order valence-corrected chi connectivity index (χ0v) is 14.0. The summed E-state index contributed by atoms with van der Waals surface area (Å²) in [5.41, 5.74) is 0.428. The maximum absolute atomic E-state index is 11.5. The standard InChI is InChI=1S/C17H21NO5/c1-17(2,3)23-16(20)18-10-6-7-12-8-9-13(15(19)22-5)11-14(12)21-4/h8-9,11H,10H2,1-5H3,(H,18,20). The Kier molecular flexibility index (Phi) is 6.46. The van der Waals surface area contributed by atoms with Crippen LogP contribution in [-0.4, -0.2) is 38.4 Å². The van der Waals surface area contributed by atoms with Gasteiger partial charge in [0.05, 0.1) is 31.9 Å². The smallest absolute Gasteiger partial charge is 0.408 e. The first-order valence-electron chi connectivity index (χ1n) is 6.99. The maximum Gasteiger partial charge on any atom is 0.408 e. The van der Waals surface area contributed by atoms with E-state index in [9.17, 15) is 9.59 Å². The van der Waals surface area contributed by atoms with Crippen LogP contribution in [0.3, 0.4) is 0 Å². The third kappa shape index (κ3) is 6.30. The summed E-state index contributed by atoms with van der Waals surface area (Å²) >= 11 is 0. The Labute approximate surface area is 136 Å². The summed E-state index contributed by atoms with van der Waals surface area (Å²) in [6, 6.07) is 4.81. The summed E-state index contributed by atoms with van der Waals surface area (Å²) in [6.07, 6.45) is -0.528. The Morgan fingerprint density at radius 1 is 1.22 bits per heavy atom. The number of rotatable bonds is 3. The van der Waals surface area contributed by atoms with Crippen LogP contribution in [0, 0.1) is 11.8 Å². The quantitative estimate of drug-likeness (QED) is 0.684. The SMILES string of the molecule is COC(=O)c1ccc(C#CCNC(=O)OC(C)(C)C)c(OC)c1. The highest BCUT2D eigenvalue weighted by atomic mass is 16.6. The van der Waals surface area contributed by atoms with E-state index in [0.29, 0.717) is 16.9 Å². The minimum absolute atomic E-state index is 0.136. The zero-order valence-electron chi connectivity index (χ0n) is 14.0. The van der Waals surface area contributed by atoms with Crippen LogP contribution in [0.4, 0.5) is 4.79 Å². The number of nitrogens with one attached hydrogen (secondary N) is 1. The molecule has 0 unspecified atom stereocenters. The van der Waals surface area contributed by atoms with Gasteiger partial charge in [-0.2, -0.15) is 0 Å². The topological polar surface area (TPSA) is 73.9 Å². The van der Waals surface area contributed by atoms with E-state index in [2.05, 4.69) is 21.9 Å². The number of hydrogen-bond donors (Lipinski definition) is 1. The fourth-order valence-corrected chi connectivity index (χ4v) is 1.61. The molecule has 1 N–H and O–H groups in total. The monoisotopic (exact) mass is 319 g/mol. The van der Waals surface area contributed by atoms with E-state index in [1.54, 1.807) is 39.0 Å². The predicted octanol–water partition coefficient (Wildman–Crippen LogP) is 2.36. The molecule has 6 nitrogen and oxygen atoms in total. The molecule has 0 saturated heterocycles. The van der Waals surface area contributed by atoms with Crippen molar-refractivity contribution in [2.45, 2.75) is 26.4 Å². The fraction of sp³-hybridized carbons (Fsp3) is 0.412. The van der Waals surface area contributed by atoms with Gasteiger partial charge in [-0.05, 0) is 39.0 Å². The molecule has 1 rings (SSSR count). The highest BCUT2D eigenvalue weighted by Crippen LogP contribution is 2.19. The van der Waals surface area contributed by atoms with Gasteiger partial charge in [-0.15, -0.1) is 0 Å². The van der Waals surface area contributed by atoms with Crippen molar-refractivity contribution in [3.8, 4) is 17.6 Å². The third-order valence-electron chi connectivity index (χ3n) is 2.57. The molecule has 6 heteroatoms. The molecule has 23 heavy (non-hydrogen) atoms. The first kappa shape index (κ1) is 18.4. The molecule has 0 aliphatic heterocycles. The molecule has 0 aliphatic carbocycles. The molecular formula is C17H21NO5. The number of benzene rings is 1. The van der Waals surface area contributed by atoms with E-state index in [0.717, 1.165) is 0 Å². The lowest BCUT2D eigenvalue weighted by Gasteiger charge is -2.19. The van der Waals surface area contributed by atoms with Crippen LogP contribution in [0.5, 0.6) is 5.75 Å². The number of alkyl carbamates (subject to hydrolysis) is 1. The normalized spacial score (nSPS) is 10.1. The summed E-state index contributed by atoms with van der Waals surface area (Å²) in [4.78, 5) is 22.9. The molecule has 0 heterocycles. The number of carbonyl (C=O) groups is 2. The van der Waals surface area contributed by atoms with Gasteiger partial charge in [-0.3, -0.25) is 0 Å². The number of esters is 1. The molecule has 0 saturated carbocycles. The lowest BCUT2D eigenvalue weighted by Crippen LogP contribution is -2.32. The van der Waals surface area contributed by atoms with Crippen LogP contribution in [0.1, 0.15) is 36.7 Å². The van der Waals surface area contributed by atoms with Crippen molar-refractivity contribution in [1.82, 2.24) is 5.32 Å². The third-order valence-corrected chi connectivity index (χ3v) is 2.57. The molecule has 1 amide bonds. The zero-order chi connectivity index (χ0) is 17.5. The molecule has 0 spiro atoms. The van der Waals surface area contributed by atoms with Crippen LogP contribution in [0.2, 0.25) is 0 Å². The van der Waals surface area contributed by atoms with Crippen molar-refractivity contribution >= 4 is 12.1 Å². The van der Waals surface area contributed by atoms with Gasteiger partial charge < -0.3 is 19.5 Å². The first-order chi connectivity index (χ1) is 10.8. The number of amides is 1. The molecule has 1 aromatic carbocycles. The van der Waals surface area contributed by atoms with Crippen LogP contribution < -0.4 is 10.1 Å². The number of hydrogen-bond acceptors (Lipinski definition) is 5. The average molecular weight is 319 g/mol. The molecule has 0 fully saturated rings. The van der Waals surface area contributed by atoms with Crippen molar-refractivity contribution in [3.63, 3.8) is 0 Å². The van der Waals surface area contributed by atoms with Gasteiger partial charge >= 0.3 is 12.1 Å². The van der Waals surface area contributed by atoms with Gasteiger partial charge in [0.15, 0.2) is 0 Å². The van der Waals surface area contributed by atoms with E-state index in [4.69, 9.17) is 9.47 Å². The Bertz CT molecular complexity index is 635. The van der Waals surface area contributed by atoms with Gasteiger partial charge in [0.1, 0.15) is 11.4 Å². The average Bonchev–Trinajstić information content (AvgIpc) is 2.49. The van der Waals surface area contributed by atoms with E-state index < -0.39 is 17.7 Å². The maximum atomic E-state index is 11.5. The highest BCUT2D eigenvalue weighted by Gasteiger charge is 2.15. The summed E-state index contributed by atoms with van der Waals surface area (Å²) in [5, 5.41) is 2.54. The van der Waals surface area contributed by atoms with Gasteiger partial charge in [0.25, 0.3) is 0 Å². The van der Waals surface area contributed by atoms with Gasteiger partial charge in [0, 0.05) is 0 Å². The van der Waals surface area contributed by atoms with Crippen LogP contribution >= 0.6 is 0 Å². The van der Waals surface area contributed by atoms with E-state index >= 15 is 0 Å². The molecule has 0 radical (unpaired) electrons. The van der Waals surface area contributed by atoms with Gasteiger partial charge in [-0.25, -0.2) is 9.59 Å². The largest absolute Gasteiger partial charge is 0.495 e. The van der Waals surface area contributed by atoms with Crippen LogP contribution in [-0.2, 0) is 9.47 Å². The highest BCUT2D eigenvalue weighted by molar-refractivity contribution is 5.90. The second kappa shape index (κ2) is 8.08. The Balaban J connectivity index is 2.71.